The van der Waals surface area contributed by atoms with Gasteiger partial charge in [0, 0.05) is 18.7 Å². The van der Waals surface area contributed by atoms with Crippen LogP contribution in [-0.4, -0.2) is 37.0 Å². The van der Waals surface area contributed by atoms with Crippen LogP contribution in [0.1, 0.15) is 54.1 Å². The van der Waals surface area contributed by atoms with E-state index in [1.165, 1.54) is 18.4 Å². The third kappa shape index (κ3) is 3.21. The highest BCUT2D eigenvalue weighted by Crippen LogP contribution is 2.27. The summed E-state index contributed by atoms with van der Waals surface area (Å²) in [5.74, 6) is 0.803. The van der Waals surface area contributed by atoms with E-state index in [0.717, 1.165) is 37.3 Å². The van der Waals surface area contributed by atoms with Crippen LogP contribution in [-0.2, 0) is 0 Å². The molecule has 1 aliphatic rings. The van der Waals surface area contributed by atoms with E-state index in [1.807, 2.05) is 24.8 Å². The predicted molar refractivity (Wildman–Crippen MR) is 83.3 cm³/mol. The number of nitrogens with one attached hydrogen (secondary N) is 1. The zero-order chi connectivity index (χ0) is 14.5. The summed E-state index contributed by atoms with van der Waals surface area (Å²) in [4.78, 5) is 14.3. The van der Waals surface area contributed by atoms with Crippen molar-refractivity contribution in [1.29, 1.82) is 0 Å². The Hall–Kier alpha value is -1.35. The Kier molecular flexibility index (Phi) is 5.18. The highest BCUT2D eigenvalue weighted by Gasteiger charge is 2.18. The van der Waals surface area contributed by atoms with E-state index >= 15 is 0 Å². The Balaban J connectivity index is 2.18. The van der Waals surface area contributed by atoms with Gasteiger partial charge in [0.15, 0.2) is 0 Å². The van der Waals surface area contributed by atoms with Gasteiger partial charge in [-0.05, 0) is 69.8 Å². The van der Waals surface area contributed by atoms with E-state index in [0.29, 0.717) is 5.92 Å². The zero-order valence-electron chi connectivity index (χ0n) is 12.9. The maximum atomic E-state index is 12.4. The number of benzene rings is 1. The maximum Gasteiger partial charge on any atom is 0.254 e. The van der Waals surface area contributed by atoms with Crippen molar-refractivity contribution in [1.82, 2.24) is 10.2 Å². The molecule has 1 heterocycles. The number of amides is 1. The van der Waals surface area contributed by atoms with Crippen molar-refractivity contribution in [2.24, 2.45) is 0 Å². The Labute approximate surface area is 122 Å². The molecular weight excluding hydrogens is 248 g/mol. The molecule has 0 atom stereocenters. The van der Waals surface area contributed by atoms with Crippen LogP contribution in [0.4, 0.5) is 0 Å². The van der Waals surface area contributed by atoms with Crippen LogP contribution in [0.3, 0.4) is 0 Å². The lowest BCUT2D eigenvalue weighted by Gasteiger charge is -2.24. The molecule has 0 bridgehead atoms. The molecule has 1 aromatic rings. The van der Waals surface area contributed by atoms with Crippen LogP contribution in [0, 0.1) is 6.92 Å². The first-order valence-electron chi connectivity index (χ1n) is 7.77. The fraction of sp³-hybridized carbons (Fsp3) is 0.588. The lowest BCUT2D eigenvalue weighted by atomic mass is 9.88. The van der Waals surface area contributed by atoms with Crippen LogP contribution in [0.25, 0.3) is 0 Å². The highest BCUT2D eigenvalue weighted by molar-refractivity contribution is 5.95. The second kappa shape index (κ2) is 6.89. The minimum atomic E-state index is 0.157. The first-order chi connectivity index (χ1) is 9.67. The van der Waals surface area contributed by atoms with Crippen molar-refractivity contribution in [3.05, 3.63) is 34.9 Å². The first kappa shape index (κ1) is 15.0. The Morgan fingerprint density at radius 2 is 1.90 bits per heavy atom. The molecule has 0 aliphatic carbocycles. The largest absolute Gasteiger partial charge is 0.339 e. The summed E-state index contributed by atoms with van der Waals surface area (Å²) in [6.45, 7) is 9.85. The molecule has 0 radical (unpaired) electrons. The van der Waals surface area contributed by atoms with E-state index in [9.17, 15) is 4.79 Å². The summed E-state index contributed by atoms with van der Waals surface area (Å²) in [7, 11) is 0. The van der Waals surface area contributed by atoms with E-state index in [1.54, 1.807) is 0 Å². The molecule has 3 heteroatoms. The summed E-state index contributed by atoms with van der Waals surface area (Å²) in [5.41, 5.74) is 3.35. The number of carbonyl (C=O) groups is 1. The molecule has 0 aromatic heterocycles. The Bertz CT molecular complexity index is 460. The summed E-state index contributed by atoms with van der Waals surface area (Å²) >= 11 is 0. The van der Waals surface area contributed by atoms with Crippen LogP contribution >= 0.6 is 0 Å². The monoisotopic (exact) mass is 274 g/mol. The summed E-state index contributed by atoms with van der Waals surface area (Å²) in [6, 6.07) is 6.39. The molecule has 1 aliphatic heterocycles. The van der Waals surface area contributed by atoms with E-state index < -0.39 is 0 Å². The van der Waals surface area contributed by atoms with Crippen molar-refractivity contribution >= 4 is 5.91 Å². The Morgan fingerprint density at radius 1 is 1.25 bits per heavy atom. The van der Waals surface area contributed by atoms with Crippen molar-refractivity contribution in [3.63, 3.8) is 0 Å². The third-order valence-electron chi connectivity index (χ3n) is 4.34. The fourth-order valence-corrected chi connectivity index (χ4v) is 3.02. The molecule has 0 spiro atoms. The van der Waals surface area contributed by atoms with Gasteiger partial charge >= 0.3 is 0 Å². The average molecular weight is 274 g/mol. The SMILES string of the molecule is CCN(CC)C(=O)c1ccc(C2CCNCC2)cc1C. The molecular formula is C17H26N2O. The molecule has 1 aromatic carbocycles. The van der Waals surface area contributed by atoms with Crippen molar-refractivity contribution in [3.8, 4) is 0 Å². The molecule has 1 amide bonds. The third-order valence-corrected chi connectivity index (χ3v) is 4.34. The second-order valence-electron chi connectivity index (χ2n) is 5.58. The van der Waals surface area contributed by atoms with Crippen molar-refractivity contribution in [2.75, 3.05) is 26.2 Å². The number of aryl methyl sites for hydroxylation is 1. The second-order valence-corrected chi connectivity index (χ2v) is 5.58. The number of hydrogen-bond acceptors (Lipinski definition) is 2. The van der Waals surface area contributed by atoms with Crippen molar-refractivity contribution < 1.29 is 4.79 Å². The normalized spacial score (nSPS) is 16.1. The lowest BCUT2D eigenvalue weighted by molar-refractivity contribution is 0.0772. The molecule has 2 rings (SSSR count). The smallest absolute Gasteiger partial charge is 0.254 e. The van der Waals surface area contributed by atoms with Gasteiger partial charge in [-0.25, -0.2) is 0 Å². The van der Waals surface area contributed by atoms with Gasteiger partial charge in [-0.15, -0.1) is 0 Å². The maximum absolute atomic E-state index is 12.4. The first-order valence-corrected chi connectivity index (χ1v) is 7.77. The van der Waals surface area contributed by atoms with Crippen LogP contribution in [0.5, 0.6) is 0 Å². The van der Waals surface area contributed by atoms with Gasteiger partial charge in [0.05, 0.1) is 0 Å². The summed E-state index contributed by atoms with van der Waals surface area (Å²) in [6.07, 6.45) is 2.39. The van der Waals surface area contributed by atoms with Gasteiger partial charge in [0.2, 0.25) is 0 Å². The number of piperidine rings is 1. The topological polar surface area (TPSA) is 32.3 Å². The molecule has 1 fully saturated rings. The summed E-state index contributed by atoms with van der Waals surface area (Å²) < 4.78 is 0. The highest BCUT2D eigenvalue weighted by atomic mass is 16.2. The molecule has 1 N–H and O–H groups in total. The van der Waals surface area contributed by atoms with Gasteiger partial charge in [0.1, 0.15) is 0 Å². The molecule has 20 heavy (non-hydrogen) atoms. The molecule has 110 valence electrons. The van der Waals surface area contributed by atoms with Gasteiger partial charge in [-0.2, -0.15) is 0 Å². The molecule has 0 saturated carbocycles. The predicted octanol–water partition coefficient (Wildman–Crippen LogP) is 2.94. The fourth-order valence-electron chi connectivity index (χ4n) is 3.02. The van der Waals surface area contributed by atoms with Gasteiger partial charge in [0.25, 0.3) is 5.91 Å². The number of rotatable bonds is 4. The standard InChI is InChI=1S/C17H26N2O/c1-4-19(5-2)17(20)16-7-6-15(12-13(16)3)14-8-10-18-11-9-14/h6-7,12,14,18H,4-5,8-11H2,1-3H3. The van der Waals surface area contributed by atoms with Gasteiger partial charge < -0.3 is 10.2 Å². The van der Waals surface area contributed by atoms with Gasteiger partial charge in [-0.3, -0.25) is 4.79 Å². The minimum Gasteiger partial charge on any atom is -0.339 e. The number of hydrogen-bond donors (Lipinski definition) is 1. The average Bonchev–Trinajstić information content (AvgIpc) is 2.49. The quantitative estimate of drug-likeness (QED) is 0.915. The van der Waals surface area contributed by atoms with E-state index in [2.05, 4.69) is 24.4 Å². The van der Waals surface area contributed by atoms with Crippen molar-refractivity contribution in [2.45, 2.75) is 39.5 Å². The molecule has 0 unspecified atom stereocenters. The van der Waals surface area contributed by atoms with Crippen LogP contribution in [0.15, 0.2) is 18.2 Å². The lowest BCUT2D eigenvalue weighted by Crippen LogP contribution is -2.31. The number of carbonyl (C=O) groups excluding carboxylic acids is 1. The molecule has 3 nitrogen and oxygen atoms in total. The Morgan fingerprint density at radius 3 is 2.45 bits per heavy atom. The van der Waals surface area contributed by atoms with E-state index in [4.69, 9.17) is 0 Å². The van der Waals surface area contributed by atoms with Gasteiger partial charge in [-0.1, -0.05) is 12.1 Å². The minimum absolute atomic E-state index is 0.157. The molecule has 1 saturated heterocycles. The van der Waals surface area contributed by atoms with Crippen LogP contribution in [0.2, 0.25) is 0 Å². The van der Waals surface area contributed by atoms with Crippen LogP contribution < -0.4 is 5.32 Å². The van der Waals surface area contributed by atoms with E-state index in [-0.39, 0.29) is 5.91 Å². The zero-order valence-corrected chi connectivity index (χ0v) is 12.9. The number of nitrogens with zero attached hydrogens (tertiary/aromatic N) is 1. The summed E-state index contributed by atoms with van der Waals surface area (Å²) in [5, 5.41) is 3.40.